The molecule has 5 heteroatoms. The Morgan fingerprint density at radius 3 is 3.09 bits per heavy atom. The average molecular weight is 367 g/mol. The fourth-order valence-corrected chi connectivity index (χ4v) is 3.49. The molecule has 118 valence electrons. The van der Waals surface area contributed by atoms with Crippen LogP contribution in [0.15, 0.2) is 33.3 Å². The van der Waals surface area contributed by atoms with E-state index >= 15 is 0 Å². The number of hydrogen-bond donors (Lipinski definition) is 0. The number of benzene rings is 1. The van der Waals surface area contributed by atoms with Crippen LogP contribution in [0, 0.1) is 5.82 Å². The predicted octanol–water partition coefficient (Wildman–Crippen LogP) is 4.87. The predicted molar refractivity (Wildman–Crippen MR) is 87.0 cm³/mol. The summed E-state index contributed by atoms with van der Waals surface area (Å²) in [6, 6.07) is 7.39. The molecule has 0 aliphatic carbocycles. The second-order valence-corrected chi connectivity index (χ2v) is 6.75. The van der Waals surface area contributed by atoms with E-state index in [0.29, 0.717) is 6.54 Å². The third-order valence-corrected chi connectivity index (χ3v) is 4.65. The zero-order valence-corrected chi connectivity index (χ0v) is 14.3. The average Bonchev–Trinajstić information content (AvgIpc) is 3.12. The van der Waals surface area contributed by atoms with Gasteiger partial charge in [0.15, 0.2) is 0 Å². The summed E-state index contributed by atoms with van der Waals surface area (Å²) in [6.45, 7) is 3.69. The number of aryl methyl sites for hydroxylation is 1. The van der Waals surface area contributed by atoms with Gasteiger partial charge in [-0.1, -0.05) is 28.0 Å². The van der Waals surface area contributed by atoms with Crippen molar-refractivity contribution in [3.8, 4) is 0 Å². The standard InChI is InChI=1S/C17H20BrFN2O/c1-2-4-14-10-16(20-22-14)17-5-3-8-21(17)11-12-9-13(18)6-7-15(12)19/h6-7,9-10,17H,2-5,8,11H2,1H3. The molecule has 0 saturated carbocycles. The van der Waals surface area contributed by atoms with E-state index in [1.807, 2.05) is 6.07 Å². The van der Waals surface area contributed by atoms with E-state index in [4.69, 9.17) is 4.52 Å². The molecule has 0 spiro atoms. The smallest absolute Gasteiger partial charge is 0.137 e. The zero-order valence-electron chi connectivity index (χ0n) is 12.7. The molecule has 1 aliphatic rings. The van der Waals surface area contributed by atoms with Crippen LogP contribution in [0.25, 0.3) is 0 Å². The molecule has 1 atom stereocenters. The number of likely N-dealkylation sites (tertiary alicyclic amines) is 1. The second kappa shape index (κ2) is 6.92. The number of halogens is 2. The van der Waals surface area contributed by atoms with Gasteiger partial charge >= 0.3 is 0 Å². The lowest BCUT2D eigenvalue weighted by Gasteiger charge is -2.23. The molecular formula is C17H20BrFN2O. The van der Waals surface area contributed by atoms with Crippen molar-refractivity contribution < 1.29 is 8.91 Å². The fourth-order valence-electron chi connectivity index (χ4n) is 3.08. The minimum Gasteiger partial charge on any atom is -0.361 e. The molecule has 0 radical (unpaired) electrons. The van der Waals surface area contributed by atoms with E-state index in [9.17, 15) is 4.39 Å². The van der Waals surface area contributed by atoms with Crippen LogP contribution in [0.3, 0.4) is 0 Å². The molecule has 0 amide bonds. The largest absolute Gasteiger partial charge is 0.361 e. The molecule has 2 heterocycles. The van der Waals surface area contributed by atoms with E-state index in [2.05, 4.69) is 39.0 Å². The Kier molecular flexibility index (Phi) is 4.93. The van der Waals surface area contributed by atoms with Crippen molar-refractivity contribution in [2.45, 2.75) is 45.2 Å². The Balaban J connectivity index is 1.76. The van der Waals surface area contributed by atoms with Crippen molar-refractivity contribution in [2.75, 3.05) is 6.54 Å². The Morgan fingerprint density at radius 1 is 1.41 bits per heavy atom. The first kappa shape index (κ1) is 15.7. The highest BCUT2D eigenvalue weighted by molar-refractivity contribution is 9.10. The molecule has 1 aliphatic heterocycles. The summed E-state index contributed by atoms with van der Waals surface area (Å²) < 4.78 is 20.3. The first-order valence-electron chi connectivity index (χ1n) is 7.81. The van der Waals surface area contributed by atoms with E-state index in [1.54, 1.807) is 6.07 Å². The summed E-state index contributed by atoms with van der Waals surface area (Å²) in [5.41, 5.74) is 1.70. The van der Waals surface area contributed by atoms with Gasteiger partial charge in [-0.25, -0.2) is 4.39 Å². The summed E-state index contributed by atoms with van der Waals surface area (Å²) in [6.07, 6.45) is 4.12. The van der Waals surface area contributed by atoms with Crippen LogP contribution in [-0.4, -0.2) is 16.6 Å². The van der Waals surface area contributed by atoms with Gasteiger partial charge in [-0.2, -0.15) is 0 Å². The van der Waals surface area contributed by atoms with Gasteiger partial charge in [-0.3, -0.25) is 4.90 Å². The quantitative estimate of drug-likeness (QED) is 0.755. The normalized spacial score (nSPS) is 19.0. The van der Waals surface area contributed by atoms with Gasteiger partial charge in [0, 0.05) is 29.1 Å². The maximum atomic E-state index is 14.0. The molecule has 3 nitrogen and oxygen atoms in total. The van der Waals surface area contributed by atoms with Crippen LogP contribution < -0.4 is 0 Å². The van der Waals surface area contributed by atoms with E-state index in [-0.39, 0.29) is 11.9 Å². The van der Waals surface area contributed by atoms with Crippen molar-refractivity contribution >= 4 is 15.9 Å². The van der Waals surface area contributed by atoms with Gasteiger partial charge < -0.3 is 4.52 Å². The van der Waals surface area contributed by atoms with Crippen molar-refractivity contribution in [3.05, 3.63) is 51.6 Å². The van der Waals surface area contributed by atoms with Gasteiger partial charge in [0.25, 0.3) is 0 Å². The molecule has 3 rings (SSSR count). The molecule has 22 heavy (non-hydrogen) atoms. The van der Waals surface area contributed by atoms with Crippen LogP contribution in [-0.2, 0) is 13.0 Å². The third-order valence-electron chi connectivity index (χ3n) is 4.16. The Bertz CT molecular complexity index is 643. The van der Waals surface area contributed by atoms with Gasteiger partial charge in [0.2, 0.25) is 0 Å². The van der Waals surface area contributed by atoms with Crippen LogP contribution in [0.5, 0.6) is 0 Å². The van der Waals surface area contributed by atoms with Gasteiger partial charge in [0.1, 0.15) is 17.3 Å². The topological polar surface area (TPSA) is 29.3 Å². The molecule has 1 aromatic heterocycles. The van der Waals surface area contributed by atoms with Crippen LogP contribution in [0.4, 0.5) is 4.39 Å². The highest BCUT2D eigenvalue weighted by atomic mass is 79.9. The Labute approximate surface area is 138 Å². The van der Waals surface area contributed by atoms with Gasteiger partial charge in [-0.15, -0.1) is 0 Å². The molecule has 1 fully saturated rings. The molecule has 0 N–H and O–H groups in total. The molecule has 2 aromatic rings. The van der Waals surface area contributed by atoms with Crippen molar-refractivity contribution in [1.29, 1.82) is 0 Å². The highest BCUT2D eigenvalue weighted by Crippen LogP contribution is 2.33. The number of rotatable bonds is 5. The van der Waals surface area contributed by atoms with E-state index < -0.39 is 0 Å². The Hall–Kier alpha value is -1.20. The first-order valence-corrected chi connectivity index (χ1v) is 8.60. The maximum Gasteiger partial charge on any atom is 0.137 e. The lowest BCUT2D eigenvalue weighted by molar-refractivity contribution is 0.233. The SMILES string of the molecule is CCCc1cc(C2CCCN2Cc2cc(Br)ccc2F)no1. The van der Waals surface area contributed by atoms with Crippen LogP contribution in [0.2, 0.25) is 0 Å². The van der Waals surface area contributed by atoms with Crippen molar-refractivity contribution in [3.63, 3.8) is 0 Å². The minimum atomic E-state index is -0.152. The summed E-state index contributed by atoms with van der Waals surface area (Å²) >= 11 is 3.41. The lowest BCUT2D eigenvalue weighted by Crippen LogP contribution is -2.23. The van der Waals surface area contributed by atoms with Gasteiger partial charge in [0.05, 0.1) is 6.04 Å². The number of hydrogen-bond acceptors (Lipinski definition) is 3. The minimum absolute atomic E-state index is 0.152. The molecule has 1 aromatic carbocycles. The molecular weight excluding hydrogens is 347 g/mol. The summed E-state index contributed by atoms with van der Waals surface area (Å²) in [5, 5.41) is 4.23. The second-order valence-electron chi connectivity index (χ2n) is 5.83. The van der Waals surface area contributed by atoms with Crippen LogP contribution >= 0.6 is 15.9 Å². The fraction of sp³-hybridized carbons (Fsp3) is 0.471. The maximum absolute atomic E-state index is 14.0. The molecule has 0 bridgehead atoms. The third kappa shape index (κ3) is 3.41. The summed E-state index contributed by atoms with van der Waals surface area (Å²) in [5.74, 6) is 0.790. The summed E-state index contributed by atoms with van der Waals surface area (Å²) in [4.78, 5) is 2.29. The lowest BCUT2D eigenvalue weighted by atomic mass is 10.1. The molecule has 1 saturated heterocycles. The van der Waals surface area contributed by atoms with Gasteiger partial charge in [-0.05, 0) is 44.0 Å². The Morgan fingerprint density at radius 2 is 2.27 bits per heavy atom. The van der Waals surface area contributed by atoms with Crippen LogP contribution in [0.1, 0.15) is 49.2 Å². The zero-order chi connectivity index (χ0) is 15.5. The van der Waals surface area contributed by atoms with E-state index in [1.165, 1.54) is 6.07 Å². The van der Waals surface area contributed by atoms with E-state index in [0.717, 1.165) is 53.7 Å². The number of nitrogens with zero attached hydrogens (tertiary/aromatic N) is 2. The monoisotopic (exact) mass is 366 g/mol. The highest BCUT2D eigenvalue weighted by Gasteiger charge is 2.29. The first-order chi connectivity index (χ1) is 10.7. The summed E-state index contributed by atoms with van der Waals surface area (Å²) in [7, 11) is 0. The number of aromatic nitrogens is 1. The van der Waals surface area contributed by atoms with Crippen molar-refractivity contribution in [2.24, 2.45) is 0 Å². The molecule has 1 unspecified atom stereocenters. The van der Waals surface area contributed by atoms with Crippen molar-refractivity contribution in [1.82, 2.24) is 10.1 Å².